The molecule has 1 aliphatic rings. The summed E-state index contributed by atoms with van der Waals surface area (Å²) < 4.78 is 28.2. The first kappa shape index (κ1) is 14.6. The van der Waals surface area contributed by atoms with E-state index in [1.54, 1.807) is 0 Å². The van der Waals surface area contributed by atoms with Crippen LogP contribution in [0.5, 0.6) is 0 Å². The molecule has 1 rings (SSSR count). The van der Waals surface area contributed by atoms with Crippen molar-refractivity contribution < 1.29 is 13.2 Å². The quantitative estimate of drug-likeness (QED) is 0.486. The molecule has 100 valence electrons. The molecule has 0 spiro atoms. The van der Waals surface area contributed by atoms with Crippen LogP contribution in [0.3, 0.4) is 0 Å². The molecule has 0 amide bonds. The fraction of sp³-hybridized carbons (Fsp3) is 0.818. The fourth-order valence-electron chi connectivity index (χ4n) is 1.92. The number of hydrogen-bond acceptors (Lipinski definition) is 5. The summed E-state index contributed by atoms with van der Waals surface area (Å²) >= 11 is 0. The predicted molar refractivity (Wildman–Crippen MR) is 68.7 cm³/mol. The van der Waals surface area contributed by atoms with Crippen molar-refractivity contribution in [3.05, 3.63) is 12.2 Å². The normalized spacial score (nSPS) is 27.2. The van der Waals surface area contributed by atoms with Gasteiger partial charge >= 0.3 is 0 Å². The molecule has 1 saturated heterocycles. The van der Waals surface area contributed by atoms with E-state index in [2.05, 4.69) is 11.9 Å². The Bertz CT molecular complexity index is 367. The first-order chi connectivity index (χ1) is 7.89. The predicted octanol–water partition coefficient (Wildman–Crippen LogP) is -0.315. The lowest BCUT2D eigenvalue weighted by Crippen LogP contribution is -2.53. The molecule has 0 aliphatic carbocycles. The summed E-state index contributed by atoms with van der Waals surface area (Å²) in [5.74, 6) is 0.362. The maximum atomic E-state index is 11.4. The molecule has 0 bridgehead atoms. The molecule has 17 heavy (non-hydrogen) atoms. The minimum atomic E-state index is -2.92. The van der Waals surface area contributed by atoms with Crippen molar-refractivity contribution in [2.24, 2.45) is 5.73 Å². The van der Waals surface area contributed by atoms with Gasteiger partial charge in [-0.15, -0.1) is 0 Å². The van der Waals surface area contributed by atoms with Gasteiger partial charge < -0.3 is 15.8 Å². The number of hydrogen-bond donors (Lipinski definition) is 2. The van der Waals surface area contributed by atoms with Crippen molar-refractivity contribution in [3.8, 4) is 0 Å². The monoisotopic (exact) mass is 262 g/mol. The topological polar surface area (TPSA) is 81.4 Å². The number of ether oxygens (including phenoxy) is 1. The van der Waals surface area contributed by atoms with Gasteiger partial charge in [0.15, 0.2) is 9.84 Å². The summed E-state index contributed by atoms with van der Waals surface area (Å²) in [6.07, 6.45) is 0.590. The van der Waals surface area contributed by atoms with Crippen LogP contribution in [0.2, 0.25) is 0 Å². The Morgan fingerprint density at radius 2 is 2.29 bits per heavy atom. The highest BCUT2D eigenvalue weighted by molar-refractivity contribution is 7.91. The molecule has 1 aliphatic heterocycles. The van der Waals surface area contributed by atoms with Crippen LogP contribution in [-0.2, 0) is 14.6 Å². The number of nitrogens with one attached hydrogen (secondary N) is 1. The Kier molecular flexibility index (Phi) is 5.12. The molecule has 6 heteroatoms. The zero-order chi connectivity index (χ0) is 12.9. The van der Waals surface area contributed by atoms with Gasteiger partial charge in [-0.25, -0.2) is 8.42 Å². The Hall–Kier alpha value is -0.430. The molecule has 1 fully saturated rings. The van der Waals surface area contributed by atoms with Crippen LogP contribution < -0.4 is 11.1 Å². The number of sulfone groups is 1. The summed E-state index contributed by atoms with van der Waals surface area (Å²) in [6.45, 7) is 7.66. The van der Waals surface area contributed by atoms with Crippen LogP contribution in [0.4, 0.5) is 0 Å². The molecular weight excluding hydrogens is 240 g/mol. The van der Waals surface area contributed by atoms with Crippen LogP contribution in [-0.4, -0.2) is 51.8 Å². The van der Waals surface area contributed by atoms with E-state index in [9.17, 15) is 8.42 Å². The molecule has 1 atom stereocenters. The Labute approximate surface area is 103 Å². The summed E-state index contributed by atoms with van der Waals surface area (Å²) in [5, 5.41) is 3.22. The second-order valence-corrected chi connectivity index (χ2v) is 6.95. The van der Waals surface area contributed by atoms with Crippen molar-refractivity contribution in [1.29, 1.82) is 0 Å². The standard InChI is InChI=1S/C11H22N2O3S/c1-10(2)7-16-5-4-13-11(8-12)3-6-17(14,15)9-11/h13H,1,3-9,12H2,2H3. The minimum Gasteiger partial charge on any atom is -0.376 e. The third kappa shape index (κ3) is 4.75. The third-order valence-electron chi connectivity index (χ3n) is 2.87. The Balaban J connectivity index is 2.31. The summed E-state index contributed by atoms with van der Waals surface area (Å²) in [6, 6.07) is 0. The first-order valence-electron chi connectivity index (χ1n) is 5.77. The average molecular weight is 262 g/mol. The van der Waals surface area contributed by atoms with Gasteiger partial charge in [-0.2, -0.15) is 0 Å². The van der Waals surface area contributed by atoms with Crippen molar-refractivity contribution in [2.75, 3.05) is 37.8 Å². The van der Waals surface area contributed by atoms with E-state index in [4.69, 9.17) is 10.5 Å². The maximum Gasteiger partial charge on any atom is 0.152 e. The molecule has 1 heterocycles. The van der Waals surface area contributed by atoms with Gasteiger partial charge in [0.2, 0.25) is 0 Å². The van der Waals surface area contributed by atoms with Gasteiger partial charge in [-0.05, 0) is 13.3 Å². The van der Waals surface area contributed by atoms with Gasteiger partial charge in [0.25, 0.3) is 0 Å². The Morgan fingerprint density at radius 3 is 2.76 bits per heavy atom. The van der Waals surface area contributed by atoms with Crippen molar-refractivity contribution in [3.63, 3.8) is 0 Å². The molecule has 5 nitrogen and oxygen atoms in total. The zero-order valence-electron chi connectivity index (χ0n) is 10.4. The van der Waals surface area contributed by atoms with Crippen LogP contribution >= 0.6 is 0 Å². The smallest absolute Gasteiger partial charge is 0.152 e. The van der Waals surface area contributed by atoms with Crippen LogP contribution in [0.25, 0.3) is 0 Å². The van der Waals surface area contributed by atoms with Crippen molar-refractivity contribution in [1.82, 2.24) is 5.32 Å². The number of nitrogens with two attached hydrogens (primary N) is 1. The van der Waals surface area contributed by atoms with Gasteiger partial charge in [-0.3, -0.25) is 0 Å². The molecule has 0 aromatic heterocycles. The largest absolute Gasteiger partial charge is 0.376 e. The second kappa shape index (κ2) is 5.95. The highest BCUT2D eigenvalue weighted by Gasteiger charge is 2.40. The lowest BCUT2D eigenvalue weighted by Gasteiger charge is -2.27. The van der Waals surface area contributed by atoms with E-state index in [0.29, 0.717) is 32.7 Å². The van der Waals surface area contributed by atoms with Crippen LogP contribution in [0.1, 0.15) is 13.3 Å². The minimum absolute atomic E-state index is 0.136. The van der Waals surface area contributed by atoms with E-state index in [0.717, 1.165) is 5.57 Å². The molecule has 1 unspecified atom stereocenters. The lowest BCUT2D eigenvalue weighted by atomic mass is 9.99. The summed E-state index contributed by atoms with van der Waals surface area (Å²) in [7, 11) is -2.92. The van der Waals surface area contributed by atoms with Crippen LogP contribution in [0, 0.1) is 0 Å². The lowest BCUT2D eigenvalue weighted by molar-refractivity contribution is 0.150. The van der Waals surface area contributed by atoms with E-state index in [1.165, 1.54) is 0 Å². The van der Waals surface area contributed by atoms with Gasteiger partial charge in [0.05, 0.1) is 24.7 Å². The molecule has 0 aromatic rings. The SMILES string of the molecule is C=C(C)COCCNC1(CN)CCS(=O)(=O)C1. The van der Waals surface area contributed by atoms with Crippen molar-refractivity contribution >= 4 is 9.84 Å². The number of rotatable bonds is 7. The molecule has 0 aromatic carbocycles. The second-order valence-electron chi connectivity index (χ2n) is 4.76. The van der Waals surface area contributed by atoms with E-state index in [1.807, 2.05) is 6.92 Å². The Morgan fingerprint density at radius 1 is 1.59 bits per heavy atom. The highest BCUT2D eigenvalue weighted by Crippen LogP contribution is 2.22. The van der Waals surface area contributed by atoms with Gasteiger partial charge in [0, 0.05) is 18.6 Å². The summed E-state index contributed by atoms with van der Waals surface area (Å²) in [5.41, 5.74) is 6.19. The fourth-order valence-corrected chi connectivity index (χ4v) is 3.98. The zero-order valence-corrected chi connectivity index (χ0v) is 11.2. The van der Waals surface area contributed by atoms with Gasteiger partial charge in [0.1, 0.15) is 0 Å². The average Bonchev–Trinajstić information content (AvgIpc) is 2.54. The van der Waals surface area contributed by atoms with E-state index < -0.39 is 15.4 Å². The van der Waals surface area contributed by atoms with E-state index in [-0.39, 0.29) is 11.5 Å². The molecule has 0 saturated carbocycles. The van der Waals surface area contributed by atoms with Crippen molar-refractivity contribution in [2.45, 2.75) is 18.9 Å². The molecule has 3 N–H and O–H groups in total. The molecular formula is C11H22N2O3S. The maximum absolute atomic E-state index is 11.4. The van der Waals surface area contributed by atoms with Crippen LogP contribution in [0.15, 0.2) is 12.2 Å². The highest BCUT2D eigenvalue weighted by atomic mass is 32.2. The molecule has 0 radical (unpaired) electrons. The van der Waals surface area contributed by atoms with E-state index >= 15 is 0 Å². The van der Waals surface area contributed by atoms with Gasteiger partial charge in [-0.1, -0.05) is 12.2 Å². The third-order valence-corrected chi connectivity index (χ3v) is 4.69. The summed E-state index contributed by atoms with van der Waals surface area (Å²) in [4.78, 5) is 0. The first-order valence-corrected chi connectivity index (χ1v) is 7.59.